The van der Waals surface area contributed by atoms with Crippen LogP contribution in [0.3, 0.4) is 0 Å². The SMILES string of the molecule is COc1ccc(-c2cccc(Oc3ccc(NC(C)=O)cc3S(=O)(=O)NC(=O)NC(C)(C)C)c2)cc1. The molecule has 3 amide bonds. The monoisotopic (exact) mass is 511 g/mol. The van der Waals surface area contributed by atoms with Crippen molar-refractivity contribution >= 4 is 27.6 Å². The van der Waals surface area contributed by atoms with Crippen LogP contribution in [-0.4, -0.2) is 33.0 Å². The minimum Gasteiger partial charge on any atom is -0.497 e. The summed E-state index contributed by atoms with van der Waals surface area (Å²) in [7, 11) is -2.77. The predicted octanol–water partition coefficient (Wildman–Crippen LogP) is 4.90. The molecule has 3 aromatic carbocycles. The zero-order chi connectivity index (χ0) is 26.5. The average molecular weight is 512 g/mol. The van der Waals surface area contributed by atoms with Gasteiger partial charge in [-0.25, -0.2) is 17.9 Å². The highest BCUT2D eigenvalue weighted by molar-refractivity contribution is 7.90. The Labute approximate surface area is 210 Å². The van der Waals surface area contributed by atoms with Crippen molar-refractivity contribution in [1.29, 1.82) is 0 Å². The van der Waals surface area contributed by atoms with E-state index < -0.39 is 21.6 Å². The summed E-state index contributed by atoms with van der Waals surface area (Å²) >= 11 is 0. The smallest absolute Gasteiger partial charge is 0.329 e. The van der Waals surface area contributed by atoms with E-state index in [1.165, 1.54) is 25.1 Å². The number of hydrogen-bond donors (Lipinski definition) is 3. The molecule has 0 radical (unpaired) electrons. The molecule has 0 spiro atoms. The van der Waals surface area contributed by atoms with E-state index in [1.807, 2.05) is 35.1 Å². The molecule has 3 rings (SSSR count). The fraction of sp³-hybridized carbons (Fsp3) is 0.231. The molecule has 10 heteroatoms. The van der Waals surface area contributed by atoms with Crippen molar-refractivity contribution in [2.45, 2.75) is 38.1 Å². The maximum absolute atomic E-state index is 13.1. The van der Waals surface area contributed by atoms with Crippen molar-refractivity contribution < 1.29 is 27.5 Å². The Balaban J connectivity index is 1.96. The summed E-state index contributed by atoms with van der Waals surface area (Å²) in [5.41, 5.74) is 1.34. The Kier molecular flexibility index (Phi) is 7.89. The van der Waals surface area contributed by atoms with Gasteiger partial charge in [-0.1, -0.05) is 24.3 Å². The largest absolute Gasteiger partial charge is 0.497 e. The zero-order valence-corrected chi connectivity index (χ0v) is 21.5. The van der Waals surface area contributed by atoms with E-state index in [1.54, 1.807) is 46.1 Å². The van der Waals surface area contributed by atoms with Crippen molar-refractivity contribution in [3.8, 4) is 28.4 Å². The molecule has 0 bridgehead atoms. The van der Waals surface area contributed by atoms with Gasteiger partial charge in [0.15, 0.2) is 0 Å². The Bertz CT molecular complexity index is 1360. The normalized spacial score (nSPS) is 11.4. The van der Waals surface area contributed by atoms with Gasteiger partial charge in [0.05, 0.1) is 7.11 Å². The van der Waals surface area contributed by atoms with E-state index >= 15 is 0 Å². The summed E-state index contributed by atoms with van der Waals surface area (Å²) in [5, 5.41) is 5.09. The molecule has 0 aliphatic heterocycles. The van der Waals surface area contributed by atoms with Gasteiger partial charge in [-0.15, -0.1) is 0 Å². The minimum absolute atomic E-state index is 0.0213. The Hall–Kier alpha value is -4.05. The first-order valence-corrected chi connectivity index (χ1v) is 12.5. The van der Waals surface area contributed by atoms with Crippen LogP contribution in [0.5, 0.6) is 17.2 Å². The van der Waals surface area contributed by atoms with Gasteiger partial charge in [0.25, 0.3) is 10.0 Å². The Morgan fingerprint density at radius 2 is 1.56 bits per heavy atom. The summed E-state index contributed by atoms with van der Waals surface area (Å²) in [6.45, 7) is 6.47. The number of urea groups is 1. The Morgan fingerprint density at radius 1 is 0.861 bits per heavy atom. The topological polar surface area (TPSA) is 123 Å². The molecule has 9 nitrogen and oxygen atoms in total. The standard InChI is InChI=1S/C26H29N3O6S/c1-17(30)27-20-11-14-23(24(16-20)36(32,33)29-25(31)28-26(2,3)4)35-22-8-6-7-19(15-22)18-9-12-21(34-5)13-10-18/h6-16H,1-5H3,(H,27,30)(H2,28,29,31). The lowest BCUT2D eigenvalue weighted by Crippen LogP contribution is -2.48. The fourth-order valence-electron chi connectivity index (χ4n) is 3.28. The first-order chi connectivity index (χ1) is 16.9. The van der Waals surface area contributed by atoms with Crippen LogP contribution in [0.4, 0.5) is 10.5 Å². The van der Waals surface area contributed by atoms with Crippen LogP contribution in [0, 0.1) is 0 Å². The van der Waals surface area contributed by atoms with E-state index in [0.717, 1.165) is 16.9 Å². The lowest BCUT2D eigenvalue weighted by molar-refractivity contribution is -0.114. The molecule has 0 aliphatic rings. The van der Waals surface area contributed by atoms with Crippen molar-refractivity contribution in [3.05, 3.63) is 66.7 Å². The first-order valence-electron chi connectivity index (χ1n) is 11.1. The molecule has 0 atom stereocenters. The highest BCUT2D eigenvalue weighted by Gasteiger charge is 2.25. The van der Waals surface area contributed by atoms with Gasteiger partial charge in [-0.05, 0) is 74.4 Å². The molecule has 0 aliphatic carbocycles. The van der Waals surface area contributed by atoms with Gasteiger partial charge in [0, 0.05) is 18.2 Å². The number of nitrogens with one attached hydrogen (secondary N) is 3. The third-order valence-corrected chi connectivity index (χ3v) is 6.11. The number of carbonyl (C=O) groups is 2. The molecule has 0 heterocycles. The van der Waals surface area contributed by atoms with Gasteiger partial charge < -0.3 is 20.1 Å². The molecule has 0 saturated heterocycles. The van der Waals surface area contributed by atoms with Crippen molar-refractivity contribution in [2.75, 3.05) is 12.4 Å². The summed E-state index contributed by atoms with van der Waals surface area (Å²) in [4.78, 5) is 23.5. The van der Waals surface area contributed by atoms with Gasteiger partial charge in [0.1, 0.15) is 22.1 Å². The summed E-state index contributed by atoms with van der Waals surface area (Å²) in [6, 6.07) is 17.9. The maximum Gasteiger partial charge on any atom is 0.329 e. The highest BCUT2D eigenvalue weighted by atomic mass is 32.2. The molecular formula is C26H29N3O6S. The second-order valence-corrected chi connectivity index (χ2v) is 10.7. The lowest BCUT2D eigenvalue weighted by Gasteiger charge is -2.21. The van der Waals surface area contributed by atoms with E-state index in [2.05, 4.69) is 10.6 Å². The molecule has 0 unspecified atom stereocenters. The zero-order valence-electron chi connectivity index (χ0n) is 20.7. The van der Waals surface area contributed by atoms with Gasteiger partial charge in [-0.3, -0.25) is 4.79 Å². The molecule has 0 aromatic heterocycles. The number of ether oxygens (including phenoxy) is 2. The number of sulfonamides is 1. The second-order valence-electron chi connectivity index (χ2n) is 9.01. The number of rotatable bonds is 7. The van der Waals surface area contributed by atoms with Crippen LogP contribution >= 0.6 is 0 Å². The van der Waals surface area contributed by atoms with Crippen molar-refractivity contribution in [2.24, 2.45) is 0 Å². The number of carbonyl (C=O) groups excluding carboxylic acids is 2. The molecule has 3 aromatic rings. The van der Waals surface area contributed by atoms with Crippen LogP contribution in [0.1, 0.15) is 27.7 Å². The number of anilines is 1. The van der Waals surface area contributed by atoms with Crippen LogP contribution in [0.25, 0.3) is 11.1 Å². The van der Waals surface area contributed by atoms with E-state index in [9.17, 15) is 18.0 Å². The van der Waals surface area contributed by atoms with E-state index in [0.29, 0.717) is 5.75 Å². The summed E-state index contributed by atoms with van der Waals surface area (Å²) in [5.74, 6) is 0.708. The van der Waals surface area contributed by atoms with Crippen molar-refractivity contribution in [3.63, 3.8) is 0 Å². The lowest BCUT2D eigenvalue weighted by atomic mass is 10.1. The molecule has 190 valence electrons. The maximum atomic E-state index is 13.1. The number of benzene rings is 3. The second kappa shape index (κ2) is 10.7. The van der Waals surface area contributed by atoms with E-state index in [-0.39, 0.29) is 22.2 Å². The first kappa shape index (κ1) is 26.6. The molecule has 0 fully saturated rings. The number of hydrogen-bond acceptors (Lipinski definition) is 6. The average Bonchev–Trinajstić information content (AvgIpc) is 2.78. The van der Waals surface area contributed by atoms with Crippen molar-refractivity contribution in [1.82, 2.24) is 10.0 Å². The van der Waals surface area contributed by atoms with Crippen LogP contribution < -0.4 is 24.8 Å². The molecule has 36 heavy (non-hydrogen) atoms. The third kappa shape index (κ3) is 7.22. The van der Waals surface area contributed by atoms with Gasteiger partial charge >= 0.3 is 6.03 Å². The van der Waals surface area contributed by atoms with Gasteiger partial charge in [-0.2, -0.15) is 0 Å². The molecular weight excluding hydrogens is 482 g/mol. The number of methoxy groups -OCH3 is 1. The van der Waals surface area contributed by atoms with Crippen LogP contribution in [0.2, 0.25) is 0 Å². The van der Waals surface area contributed by atoms with E-state index in [4.69, 9.17) is 9.47 Å². The van der Waals surface area contributed by atoms with Crippen LogP contribution in [0.15, 0.2) is 71.6 Å². The van der Waals surface area contributed by atoms with Gasteiger partial charge in [0.2, 0.25) is 5.91 Å². The predicted molar refractivity (Wildman–Crippen MR) is 138 cm³/mol. The fourth-order valence-corrected chi connectivity index (χ4v) is 4.34. The number of amides is 3. The van der Waals surface area contributed by atoms with Crippen LogP contribution in [-0.2, 0) is 14.8 Å². The molecule has 0 saturated carbocycles. The summed E-state index contributed by atoms with van der Waals surface area (Å²) < 4.78 is 39.5. The highest BCUT2D eigenvalue weighted by Crippen LogP contribution is 2.33. The quantitative estimate of drug-likeness (QED) is 0.415. The third-order valence-electron chi connectivity index (χ3n) is 4.75. The minimum atomic E-state index is -4.36. The Morgan fingerprint density at radius 3 is 2.17 bits per heavy atom. The summed E-state index contributed by atoms with van der Waals surface area (Å²) in [6.07, 6.45) is 0. The molecule has 3 N–H and O–H groups in total.